The van der Waals surface area contributed by atoms with Crippen LogP contribution in [-0.4, -0.2) is 15.8 Å². The molecule has 0 aliphatic rings. The first-order chi connectivity index (χ1) is 11.4. The monoisotopic (exact) mass is 331 g/mol. The number of hydrogen-bond acceptors (Lipinski definition) is 5. The number of anilines is 1. The first kappa shape index (κ1) is 16.7. The molecular weight excluding hydrogens is 321 g/mol. The van der Waals surface area contributed by atoms with Gasteiger partial charge in [0, 0.05) is 30.3 Å². The van der Waals surface area contributed by atoms with Gasteiger partial charge in [-0.2, -0.15) is 0 Å². The number of carbonyl (C=O) groups excluding carboxylic acids is 1. The molecular formula is C15H10FN3O5. The highest BCUT2D eigenvalue weighted by molar-refractivity contribution is 6.02. The van der Waals surface area contributed by atoms with E-state index >= 15 is 0 Å². The number of nitro groups is 2. The molecule has 0 heterocycles. The van der Waals surface area contributed by atoms with Crippen molar-refractivity contribution in [2.75, 3.05) is 5.32 Å². The summed E-state index contributed by atoms with van der Waals surface area (Å²) >= 11 is 0. The number of nitro benzene ring substituents is 2. The molecule has 1 N–H and O–H groups in total. The molecule has 122 valence electrons. The number of hydrogen-bond donors (Lipinski definition) is 1. The van der Waals surface area contributed by atoms with Crippen molar-refractivity contribution in [2.24, 2.45) is 0 Å². The van der Waals surface area contributed by atoms with E-state index in [0.29, 0.717) is 5.56 Å². The number of benzene rings is 2. The predicted molar refractivity (Wildman–Crippen MR) is 83.8 cm³/mol. The van der Waals surface area contributed by atoms with Crippen LogP contribution in [0, 0.1) is 26.0 Å². The number of non-ortho nitro benzene ring substituents is 2. The first-order valence-electron chi connectivity index (χ1n) is 6.54. The summed E-state index contributed by atoms with van der Waals surface area (Å²) in [6.07, 6.45) is 2.45. The van der Waals surface area contributed by atoms with E-state index in [9.17, 15) is 29.4 Å². The summed E-state index contributed by atoms with van der Waals surface area (Å²) in [4.78, 5) is 31.7. The number of halogens is 1. The van der Waals surface area contributed by atoms with Crippen LogP contribution in [0.3, 0.4) is 0 Å². The Bertz CT molecular complexity index is 834. The Labute approximate surface area is 134 Å². The van der Waals surface area contributed by atoms with Crippen molar-refractivity contribution in [1.82, 2.24) is 0 Å². The summed E-state index contributed by atoms with van der Waals surface area (Å²) in [7, 11) is 0. The molecule has 0 aliphatic carbocycles. The normalized spacial score (nSPS) is 10.5. The number of carbonyl (C=O) groups is 1. The Morgan fingerprint density at radius 1 is 1.00 bits per heavy atom. The summed E-state index contributed by atoms with van der Waals surface area (Å²) in [5, 5.41) is 23.4. The molecule has 0 atom stereocenters. The van der Waals surface area contributed by atoms with Crippen LogP contribution in [0.2, 0.25) is 0 Å². The molecule has 1 amide bonds. The van der Waals surface area contributed by atoms with Crippen molar-refractivity contribution < 1.29 is 19.0 Å². The first-order valence-corrected chi connectivity index (χ1v) is 6.54. The minimum atomic E-state index is -0.808. The lowest BCUT2D eigenvalue weighted by atomic mass is 10.2. The number of nitrogens with zero attached hydrogens (tertiary/aromatic N) is 2. The van der Waals surface area contributed by atoms with Crippen molar-refractivity contribution in [1.29, 1.82) is 0 Å². The van der Waals surface area contributed by atoms with E-state index in [1.165, 1.54) is 30.3 Å². The summed E-state index contributed by atoms with van der Waals surface area (Å²) in [6, 6.07) is 8.21. The Balaban J connectivity index is 2.09. The molecule has 0 spiro atoms. The van der Waals surface area contributed by atoms with Crippen molar-refractivity contribution in [2.45, 2.75) is 0 Å². The van der Waals surface area contributed by atoms with Gasteiger partial charge in [0.1, 0.15) is 5.82 Å². The van der Waals surface area contributed by atoms with E-state index in [1.807, 2.05) is 0 Å². The van der Waals surface area contributed by atoms with Crippen LogP contribution in [0.5, 0.6) is 0 Å². The minimum Gasteiger partial charge on any atom is -0.320 e. The van der Waals surface area contributed by atoms with Gasteiger partial charge in [-0.25, -0.2) is 4.39 Å². The standard InChI is InChI=1S/C15H10FN3O5/c16-13-7-6-12(19(23)24)9-14(13)17-15(20)8-3-10-1-4-11(5-2-10)18(21)22/h1-9H,(H,17,20). The van der Waals surface area contributed by atoms with Gasteiger partial charge in [-0.15, -0.1) is 0 Å². The number of nitrogens with one attached hydrogen (secondary N) is 1. The van der Waals surface area contributed by atoms with Gasteiger partial charge in [-0.3, -0.25) is 25.0 Å². The van der Waals surface area contributed by atoms with E-state index < -0.39 is 21.6 Å². The topological polar surface area (TPSA) is 115 Å². The predicted octanol–water partition coefficient (Wildman–Crippen LogP) is 3.29. The molecule has 0 aromatic heterocycles. The van der Waals surface area contributed by atoms with E-state index in [4.69, 9.17) is 0 Å². The Morgan fingerprint density at radius 2 is 1.58 bits per heavy atom. The second-order valence-electron chi connectivity index (χ2n) is 4.59. The van der Waals surface area contributed by atoms with Crippen LogP contribution in [0.15, 0.2) is 48.5 Å². The van der Waals surface area contributed by atoms with Gasteiger partial charge in [0.25, 0.3) is 11.4 Å². The zero-order valence-electron chi connectivity index (χ0n) is 12.0. The second kappa shape index (κ2) is 7.09. The number of amides is 1. The Morgan fingerprint density at radius 3 is 2.17 bits per heavy atom. The summed E-state index contributed by atoms with van der Waals surface area (Å²) in [6.45, 7) is 0. The van der Waals surface area contributed by atoms with Gasteiger partial charge in [0.15, 0.2) is 0 Å². The van der Waals surface area contributed by atoms with Crippen LogP contribution in [0.4, 0.5) is 21.5 Å². The van der Waals surface area contributed by atoms with Gasteiger partial charge in [0.2, 0.25) is 5.91 Å². The largest absolute Gasteiger partial charge is 0.320 e. The minimum absolute atomic E-state index is 0.0877. The van der Waals surface area contributed by atoms with Crippen molar-refractivity contribution in [3.63, 3.8) is 0 Å². The van der Waals surface area contributed by atoms with Gasteiger partial charge < -0.3 is 5.32 Å². The lowest BCUT2D eigenvalue weighted by molar-refractivity contribution is -0.385. The zero-order valence-corrected chi connectivity index (χ0v) is 12.0. The van der Waals surface area contributed by atoms with E-state index in [1.54, 1.807) is 0 Å². The summed E-state index contributed by atoms with van der Waals surface area (Å²) in [5.41, 5.74) is -0.237. The molecule has 0 bridgehead atoms. The molecule has 0 saturated carbocycles. The SMILES string of the molecule is O=C(C=Cc1ccc([N+](=O)[O-])cc1)Nc1cc([N+](=O)[O-])ccc1F. The van der Waals surface area contributed by atoms with Gasteiger partial charge in [-0.1, -0.05) is 0 Å². The summed E-state index contributed by atoms with van der Waals surface area (Å²) in [5.74, 6) is -1.51. The summed E-state index contributed by atoms with van der Waals surface area (Å²) < 4.78 is 13.6. The third-order valence-electron chi connectivity index (χ3n) is 2.95. The molecule has 0 saturated heterocycles. The third-order valence-corrected chi connectivity index (χ3v) is 2.95. The number of rotatable bonds is 5. The van der Waals surface area contributed by atoms with Crippen LogP contribution < -0.4 is 5.32 Å². The Kier molecular flexibility index (Phi) is 4.95. The van der Waals surface area contributed by atoms with Gasteiger partial charge in [0.05, 0.1) is 15.5 Å². The molecule has 2 rings (SSSR count). The third kappa shape index (κ3) is 4.19. The molecule has 9 heteroatoms. The Hall–Kier alpha value is -3.62. The smallest absolute Gasteiger partial charge is 0.271 e. The maximum absolute atomic E-state index is 13.6. The quantitative estimate of drug-likeness (QED) is 0.513. The lowest BCUT2D eigenvalue weighted by Gasteiger charge is -2.03. The highest BCUT2D eigenvalue weighted by Crippen LogP contribution is 2.21. The van der Waals surface area contributed by atoms with Crippen LogP contribution in [-0.2, 0) is 4.79 Å². The molecule has 24 heavy (non-hydrogen) atoms. The molecule has 0 aliphatic heterocycles. The van der Waals surface area contributed by atoms with Crippen molar-refractivity contribution in [3.05, 3.63) is 80.1 Å². The van der Waals surface area contributed by atoms with E-state index in [0.717, 1.165) is 24.3 Å². The fourth-order valence-corrected chi connectivity index (χ4v) is 1.78. The maximum Gasteiger partial charge on any atom is 0.271 e. The molecule has 8 nitrogen and oxygen atoms in total. The molecule has 0 radical (unpaired) electrons. The average Bonchev–Trinajstić information content (AvgIpc) is 2.55. The van der Waals surface area contributed by atoms with Crippen LogP contribution in [0.1, 0.15) is 5.56 Å². The highest BCUT2D eigenvalue weighted by atomic mass is 19.1. The van der Waals surface area contributed by atoms with Crippen LogP contribution >= 0.6 is 0 Å². The zero-order chi connectivity index (χ0) is 17.7. The molecule has 0 unspecified atom stereocenters. The molecule has 0 fully saturated rings. The maximum atomic E-state index is 13.6. The fraction of sp³-hybridized carbons (Fsp3) is 0. The van der Waals surface area contributed by atoms with Crippen molar-refractivity contribution >= 4 is 29.0 Å². The fourth-order valence-electron chi connectivity index (χ4n) is 1.78. The van der Waals surface area contributed by atoms with Gasteiger partial charge in [-0.05, 0) is 29.8 Å². The van der Waals surface area contributed by atoms with Crippen LogP contribution in [0.25, 0.3) is 6.08 Å². The molecule has 2 aromatic carbocycles. The van der Waals surface area contributed by atoms with E-state index in [-0.39, 0.29) is 17.1 Å². The van der Waals surface area contributed by atoms with Gasteiger partial charge >= 0.3 is 0 Å². The lowest BCUT2D eigenvalue weighted by Crippen LogP contribution is -2.09. The second-order valence-corrected chi connectivity index (χ2v) is 4.59. The highest BCUT2D eigenvalue weighted by Gasteiger charge is 2.12. The average molecular weight is 331 g/mol. The van der Waals surface area contributed by atoms with Crippen molar-refractivity contribution in [3.8, 4) is 0 Å². The van der Waals surface area contributed by atoms with E-state index in [2.05, 4.69) is 5.32 Å². The molecule has 2 aromatic rings.